The van der Waals surface area contributed by atoms with Crippen LogP contribution in [0.25, 0.3) is 10.2 Å². The molecule has 158 valence electrons. The number of fused-ring (bicyclic) bond motifs is 1. The van der Waals surface area contributed by atoms with Crippen LogP contribution in [0.5, 0.6) is 0 Å². The number of hydrogen-bond acceptors (Lipinski definition) is 6. The molecule has 1 N–H and O–H groups in total. The van der Waals surface area contributed by atoms with Gasteiger partial charge in [0.1, 0.15) is 17.0 Å². The van der Waals surface area contributed by atoms with Crippen molar-refractivity contribution in [1.82, 2.24) is 20.2 Å². The van der Waals surface area contributed by atoms with Crippen molar-refractivity contribution in [3.8, 4) is 0 Å². The van der Waals surface area contributed by atoms with Crippen LogP contribution in [0.2, 0.25) is 0 Å². The van der Waals surface area contributed by atoms with Crippen LogP contribution in [0, 0.1) is 13.8 Å². The number of carbonyl (C=O) groups excluding carboxylic acids is 1. The Balaban J connectivity index is 1.55. The van der Waals surface area contributed by atoms with Crippen LogP contribution in [-0.4, -0.2) is 53.5 Å². The van der Waals surface area contributed by atoms with Crippen molar-refractivity contribution in [2.45, 2.75) is 33.7 Å². The lowest BCUT2D eigenvalue weighted by Gasteiger charge is -2.35. The van der Waals surface area contributed by atoms with E-state index >= 15 is 0 Å². The molecule has 3 aromatic rings. The fourth-order valence-electron chi connectivity index (χ4n) is 4.07. The van der Waals surface area contributed by atoms with E-state index in [4.69, 9.17) is 0 Å². The van der Waals surface area contributed by atoms with Crippen LogP contribution in [0.15, 0.2) is 30.6 Å². The monoisotopic (exact) mass is 423 g/mol. The number of aromatic nitrogens is 2. The van der Waals surface area contributed by atoms with Crippen molar-refractivity contribution < 1.29 is 4.79 Å². The maximum atomic E-state index is 13.0. The predicted molar refractivity (Wildman–Crippen MR) is 123 cm³/mol. The number of benzene rings is 1. The summed E-state index contributed by atoms with van der Waals surface area (Å²) in [5, 5.41) is 4.10. The predicted octanol–water partition coefficient (Wildman–Crippen LogP) is 3.77. The Morgan fingerprint density at radius 2 is 1.90 bits per heavy atom. The highest BCUT2D eigenvalue weighted by atomic mass is 32.1. The van der Waals surface area contributed by atoms with Gasteiger partial charge in [0.2, 0.25) is 0 Å². The average Bonchev–Trinajstić information content (AvgIpc) is 3.11. The molecule has 0 saturated carbocycles. The number of amides is 1. The molecule has 1 saturated heterocycles. The Morgan fingerprint density at radius 3 is 2.63 bits per heavy atom. The van der Waals surface area contributed by atoms with E-state index in [1.807, 2.05) is 19.1 Å². The van der Waals surface area contributed by atoms with Crippen LogP contribution in [0.4, 0.5) is 5.82 Å². The zero-order valence-corrected chi connectivity index (χ0v) is 18.8. The third-order valence-electron chi connectivity index (χ3n) is 5.83. The van der Waals surface area contributed by atoms with E-state index in [1.54, 1.807) is 6.33 Å². The third-order valence-corrected chi connectivity index (χ3v) is 7.02. The van der Waals surface area contributed by atoms with E-state index in [0.29, 0.717) is 6.54 Å². The summed E-state index contributed by atoms with van der Waals surface area (Å²) >= 11 is 1.46. The number of aryl methyl sites for hydroxylation is 2. The third kappa shape index (κ3) is 4.18. The van der Waals surface area contributed by atoms with Crippen molar-refractivity contribution in [2.75, 3.05) is 37.6 Å². The van der Waals surface area contributed by atoms with Crippen molar-refractivity contribution in [2.24, 2.45) is 0 Å². The van der Waals surface area contributed by atoms with Crippen LogP contribution in [0.1, 0.15) is 39.7 Å². The van der Waals surface area contributed by atoms with Crippen LogP contribution in [-0.2, 0) is 6.54 Å². The quantitative estimate of drug-likeness (QED) is 0.654. The van der Waals surface area contributed by atoms with Crippen LogP contribution >= 0.6 is 11.3 Å². The van der Waals surface area contributed by atoms with Crippen molar-refractivity contribution in [3.05, 3.63) is 52.2 Å². The van der Waals surface area contributed by atoms with Gasteiger partial charge in [-0.2, -0.15) is 0 Å². The number of nitrogens with zero attached hydrogens (tertiary/aromatic N) is 4. The minimum atomic E-state index is -0.0440. The first-order valence-electron chi connectivity index (χ1n) is 10.6. The molecule has 0 radical (unpaired) electrons. The number of thiophene rings is 1. The molecule has 1 amide bonds. The first-order chi connectivity index (χ1) is 14.6. The molecule has 0 bridgehead atoms. The molecule has 6 nitrogen and oxygen atoms in total. The zero-order chi connectivity index (χ0) is 21.1. The highest BCUT2D eigenvalue weighted by Gasteiger charge is 2.24. The average molecular weight is 424 g/mol. The van der Waals surface area contributed by atoms with Gasteiger partial charge in [0.15, 0.2) is 0 Å². The molecular weight excluding hydrogens is 394 g/mol. The summed E-state index contributed by atoms with van der Waals surface area (Å²) < 4.78 is 0. The first-order valence-corrected chi connectivity index (χ1v) is 11.4. The highest BCUT2D eigenvalue weighted by molar-refractivity contribution is 7.20. The number of piperazine rings is 1. The molecule has 7 heteroatoms. The Morgan fingerprint density at radius 1 is 1.13 bits per heavy atom. The number of rotatable bonds is 6. The summed E-state index contributed by atoms with van der Waals surface area (Å²) in [5.74, 6) is 0.917. The molecule has 1 aliphatic heterocycles. The minimum absolute atomic E-state index is 0.0440. The topological polar surface area (TPSA) is 61.4 Å². The molecule has 1 aromatic carbocycles. The lowest BCUT2D eigenvalue weighted by Crippen LogP contribution is -2.46. The van der Waals surface area contributed by atoms with Gasteiger partial charge in [-0.3, -0.25) is 9.69 Å². The number of hydrogen-bond donors (Lipinski definition) is 1. The number of carbonyl (C=O) groups is 1. The van der Waals surface area contributed by atoms with Gasteiger partial charge in [-0.05, 0) is 43.5 Å². The number of nitrogens with one attached hydrogen (secondary N) is 1. The maximum Gasteiger partial charge on any atom is 0.261 e. The van der Waals surface area contributed by atoms with Crippen LogP contribution < -0.4 is 10.2 Å². The van der Waals surface area contributed by atoms with Crippen molar-refractivity contribution in [1.29, 1.82) is 0 Å². The fraction of sp³-hybridized carbons (Fsp3) is 0.435. The van der Waals surface area contributed by atoms with Crippen LogP contribution in [0.3, 0.4) is 0 Å². The molecule has 3 heterocycles. The largest absolute Gasteiger partial charge is 0.353 e. The number of anilines is 1. The summed E-state index contributed by atoms with van der Waals surface area (Å²) in [6, 6.07) is 8.13. The summed E-state index contributed by atoms with van der Waals surface area (Å²) in [5.41, 5.74) is 3.29. The smallest absolute Gasteiger partial charge is 0.261 e. The Bertz CT molecular complexity index is 1040. The lowest BCUT2D eigenvalue weighted by atomic mass is 10.1. The molecule has 1 aliphatic rings. The van der Waals surface area contributed by atoms with Gasteiger partial charge in [0.05, 0.1) is 10.3 Å². The van der Waals surface area contributed by atoms with Gasteiger partial charge in [-0.15, -0.1) is 11.3 Å². The second-order valence-corrected chi connectivity index (χ2v) is 8.87. The summed E-state index contributed by atoms with van der Waals surface area (Å²) in [6.07, 6.45) is 2.81. The molecular formula is C23H29N5OS. The van der Waals surface area contributed by atoms with Gasteiger partial charge in [0, 0.05) is 32.7 Å². The first kappa shape index (κ1) is 20.8. The Labute approximate surface area is 181 Å². The van der Waals surface area contributed by atoms with Crippen molar-refractivity contribution in [3.63, 3.8) is 0 Å². The summed E-state index contributed by atoms with van der Waals surface area (Å²) in [4.78, 5) is 28.5. The van der Waals surface area contributed by atoms with E-state index in [-0.39, 0.29) is 5.91 Å². The molecule has 30 heavy (non-hydrogen) atoms. The molecule has 0 unspecified atom stereocenters. The second kappa shape index (κ2) is 9.10. The molecule has 4 rings (SSSR count). The van der Waals surface area contributed by atoms with Gasteiger partial charge >= 0.3 is 0 Å². The van der Waals surface area contributed by atoms with E-state index in [2.05, 4.69) is 51.1 Å². The summed E-state index contributed by atoms with van der Waals surface area (Å²) in [6.45, 7) is 12.0. The molecule has 0 spiro atoms. The van der Waals surface area contributed by atoms with E-state index in [0.717, 1.165) is 64.8 Å². The van der Waals surface area contributed by atoms with Crippen molar-refractivity contribution >= 4 is 33.3 Å². The molecule has 1 fully saturated rings. The van der Waals surface area contributed by atoms with Gasteiger partial charge in [-0.25, -0.2) is 9.97 Å². The van der Waals surface area contributed by atoms with E-state index in [1.165, 1.54) is 23.3 Å². The van der Waals surface area contributed by atoms with E-state index < -0.39 is 0 Å². The Kier molecular flexibility index (Phi) is 6.29. The molecule has 2 aromatic heterocycles. The van der Waals surface area contributed by atoms with Gasteiger partial charge in [-0.1, -0.05) is 31.2 Å². The lowest BCUT2D eigenvalue weighted by molar-refractivity contribution is 0.0954. The summed E-state index contributed by atoms with van der Waals surface area (Å²) in [7, 11) is 0. The SMILES string of the molecule is CCCN1CCN(c2ncnc3sc(C(=O)NCc4ccccc4C)c(C)c23)CC1. The molecule has 0 atom stereocenters. The standard InChI is InChI=1S/C23H29N5OS/c1-4-9-27-10-12-28(13-11-27)21-19-17(3)20(30-23(19)26-15-25-21)22(29)24-14-18-8-6-5-7-16(18)2/h5-8,15H,4,9-14H2,1-3H3,(H,24,29). The van der Waals surface area contributed by atoms with Gasteiger partial charge < -0.3 is 10.2 Å². The normalized spacial score (nSPS) is 15.0. The highest BCUT2D eigenvalue weighted by Crippen LogP contribution is 2.35. The second-order valence-electron chi connectivity index (χ2n) is 7.87. The maximum absolute atomic E-state index is 13.0. The Hall–Kier alpha value is -2.51. The zero-order valence-electron chi connectivity index (χ0n) is 17.9. The molecule has 0 aliphatic carbocycles. The van der Waals surface area contributed by atoms with Gasteiger partial charge in [0.25, 0.3) is 5.91 Å². The fourth-order valence-corrected chi connectivity index (χ4v) is 5.13. The van der Waals surface area contributed by atoms with E-state index in [9.17, 15) is 4.79 Å². The minimum Gasteiger partial charge on any atom is -0.353 e.